The second kappa shape index (κ2) is 10.3. The van der Waals surface area contributed by atoms with Gasteiger partial charge in [0.2, 0.25) is 11.5 Å². The van der Waals surface area contributed by atoms with Crippen molar-refractivity contribution in [2.45, 2.75) is 45.0 Å². The summed E-state index contributed by atoms with van der Waals surface area (Å²) in [4.78, 5) is 34.5. The number of fused-ring (bicyclic) bond motifs is 1. The molecule has 3 unspecified atom stereocenters. The third-order valence-corrected chi connectivity index (χ3v) is 6.71. The van der Waals surface area contributed by atoms with E-state index in [0.717, 1.165) is 11.1 Å². The lowest BCUT2D eigenvalue weighted by Gasteiger charge is -2.43. The van der Waals surface area contributed by atoms with E-state index in [-0.39, 0.29) is 18.0 Å². The van der Waals surface area contributed by atoms with Gasteiger partial charge in [-0.25, -0.2) is 9.78 Å². The largest absolute Gasteiger partial charge is 0.497 e. The highest BCUT2D eigenvalue weighted by atomic mass is 16.6. The Bertz CT molecular complexity index is 1320. The number of esters is 1. The lowest BCUT2D eigenvalue weighted by molar-refractivity contribution is -0.212. The monoisotopic (exact) mass is 495 g/mol. The summed E-state index contributed by atoms with van der Waals surface area (Å²) >= 11 is 0. The standard InChI is InChI=1S/C27H33N3O6/c1-16-11-22-23(12-17(16)2)29-25(31)24(28-22)26(32)35-20-9-10-27(33,18(13-20)15-30(3)4)36-21-8-6-7-19(14-21)34-5/h6-8,11-12,14,18,20,33H,9-10,13,15H2,1-5H3,(H,29,31). The van der Waals surface area contributed by atoms with Crippen LogP contribution >= 0.6 is 0 Å². The summed E-state index contributed by atoms with van der Waals surface area (Å²) in [7, 11) is 5.38. The van der Waals surface area contributed by atoms with E-state index in [1.807, 2.05) is 45.0 Å². The molecule has 4 rings (SSSR count). The van der Waals surface area contributed by atoms with Crippen molar-refractivity contribution in [1.82, 2.24) is 14.9 Å². The predicted octanol–water partition coefficient (Wildman–Crippen LogP) is 3.20. The van der Waals surface area contributed by atoms with Gasteiger partial charge >= 0.3 is 5.97 Å². The lowest BCUT2D eigenvalue weighted by atomic mass is 9.81. The normalized spacial score (nSPS) is 22.0. The smallest absolute Gasteiger partial charge is 0.363 e. The summed E-state index contributed by atoms with van der Waals surface area (Å²) in [5.41, 5.74) is 2.27. The molecule has 1 aromatic heterocycles. The Morgan fingerprint density at radius 1 is 1.19 bits per heavy atom. The first-order chi connectivity index (χ1) is 17.1. The Labute approximate surface area is 210 Å². The molecule has 192 valence electrons. The molecule has 2 N–H and O–H groups in total. The van der Waals surface area contributed by atoms with E-state index < -0.39 is 23.4 Å². The van der Waals surface area contributed by atoms with Crippen LogP contribution in [0.3, 0.4) is 0 Å². The summed E-state index contributed by atoms with van der Waals surface area (Å²) in [5, 5.41) is 11.5. The summed E-state index contributed by atoms with van der Waals surface area (Å²) in [5.74, 6) is -1.45. The van der Waals surface area contributed by atoms with Crippen LogP contribution < -0.4 is 15.0 Å². The van der Waals surface area contributed by atoms with E-state index >= 15 is 0 Å². The van der Waals surface area contributed by atoms with Gasteiger partial charge in [0.05, 0.1) is 18.1 Å². The number of methoxy groups -OCH3 is 1. The Hall–Kier alpha value is -3.43. The first kappa shape index (κ1) is 25.7. The van der Waals surface area contributed by atoms with Gasteiger partial charge in [0, 0.05) is 24.9 Å². The van der Waals surface area contributed by atoms with Gasteiger partial charge < -0.3 is 29.2 Å². The fourth-order valence-corrected chi connectivity index (χ4v) is 4.65. The Kier molecular flexibility index (Phi) is 7.33. The van der Waals surface area contributed by atoms with Crippen LogP contribution in [0.2, 0.25) is 0 Å². The first-order valence-electron chi connectivity index (χ1n) is 12.0. The number of hydrogen-bond acceptors (Lipinski definition) is 8. The van der Waals surface area contributed by atoms with Gasteiger partial charge in [-0.15, -0.1) is 0 Å². The SMILES string of the molecule is COc1cccc(OC2(O)CCC(OC(=O)c3nc4cc(C)c(C)cc4[nH]c3=O)CC2CN(C)C)c1. The summed E-state index contributed by atoms with van der Waals surface area (Å²) in [6.07, 6.45) is 0.502. The number of H-pyrrole nitrogens is 1. The van der Waals surface area contributed by atoms with E-state index in [9.17, 15) is 14.7 Å². The van der Waals surface area contributed by atoms with Crippen molar-refractivity contribution in [3.8, 4) is 11.5 Å². The van der Waals surface area contributed by atoms with Crippen LogP contribution in [0.5, 0.6) is 11.5 Å². The van der Waals surface area contributed by atoms with E-state index in [4.69, 9.17) is 14.2 Å². The predicted molar refractivity (Wildman–Crippen MR) is 136 cm³/mol. The minimum atomic E-state index is -1.45. The van der Waals surface area contributed by atoms with E-state index in [0.29, 0.717) is 41.9 Å². The molecule has 1 aliphatic rings. The van der Waals surface area contributed by atoms with E-state index in [1.165, 1.54) is 0 Å². The third-order valence-electron chi connectivity index (χ3n) is 6.71. The molecule has 36 heavy (non-hydrogen) atoms. The number of ether oxygens (including phenoxy) is 3. The maximum absolute atomic E-state index is 13.0. The molecular weight excluding hydrogens is 462 g/mol. The zero-order chi connectivity index (χ0) is 26.0. The van der Waals surface area contributed by atoms with Crippen LogP contribution in [-0.4, -0.2) is 65.6 Å². The van der Waals surface area contributed by atoms with Crippen molar-refractivity contribution >= 4 is 17.0 Å². The number of carbonyl (C=O) groups excluding carboxylic acids is 1. The molecule has 0 saturated heterocycles. The molecule has 3 atom stereocenters. The maximum Gasteiger partial charge on any atom is 0.363 e. The fourth-order valence-electron chi connectivity index (χ4n) is 4.65. The third kappa shape index (κ3) is 5.52. The molecule has 0 radical (unpaired) electrons. The van der Waals surface area contributed by atoms with Gasteiger partial charge in [0.1, 0.15) is 17.6 Å². The second-order valence-corrected chi connectivity index (χ2v) is 9.75. The lowest BCUT2D eigenvalue weighted by Crippen LogP contribution is -2.53. The topological polar surface area (TPSA) is 114 Å². The Morgan fingerprint density at radius 3 is 2.64 bits per heavy atom. The van der Waals surface area contributed by atoms with Crippen molar-refractivity contribution in [3.63, 3.8) is 0 Å². The number of hydrogen-bond donors (Lipinski definition) is 2. The number of aromatic amines is 1. The molecular formula is C27H33N3O6. The zero-order valence-electron chi connectivity index (χ0n) is 21.3. The van der Waals surface area contributed by atoms with Gasteiger partial charge in [-0.1, -0.05) is 6.07 Å². The Morgan fingerprint density at radius 2 is 1.92 bits per heavy atom. The molecule has 1 aliphatic carbocycles. The summed E-state index contributed by atoms with van der Waals surface area (Å²) < 4.78 is 17.1. The number of carbonyl (C=O) groups is 1. The fraction of sp³-hybridized carbons (Fsp3) is 0.444. The van der Waals surface area contributed by atoms with Crippen LogP contribution in [0.4, 0.5) is 0 Å². The number of aryl methyl sites for hydroxylation is 2. The van der Waals surface area contributed by atoms with Crippen molar-refractivity contribution in [3.05, 3.63) is 63.6 Å². The van der Waals surface area contributed by atoms with Gasteiger partial charge in [-0.05, 0) is 76.2 Å². The minimum Gasteiger partial charge on any atom is -0.497 e. The number of aliphatic hydroxyl groups is 1. The summed E-state index contributed by atoms with van der Waals surface area (Å²) in [6.45, 7) is 4.41. The number of aromatic nitrogens is 2. The number of benzene rings is 2. The van der Waals surface area contributed by atoms with Crippen LogP contribution in [0.1, 0.15) is 40.9 Å². The van der Waals surface area contributed by atoms with Gasteiger partial charge in [-0.2, -0.15) is 0 Å². The van der Waals surface area contributed by atoms with Gasteiger partial charge in [0.15, 0.2) is 0 Å². The number of nitrogens with zero attached hydrogens (tertiary/aromatic N) is 2. The van der Waals surface area contributed by atoms with Crippen molar-refractivity contribution in [1.29, 1.82) is 0 Å². The van der Waals surface area contributed by atoms with Crippen molar-refractivity contribution < 1.29 is 24.1 Å². The van der Waals surface area contributed by atoms with Crippen LogP contribution in [0.25, 0.3) is 11.0 Å². The molecule has 1 saturated carbocycles. The zero-order valence-corrected chi connectivity index (χ0v) is 21.3. The molecule has 0 spiro atoms. The van der Waals surface area contributed by atoms with Crippen LogP contribution in [0.15, 0.2) is 41.2 Å². The summed E-state index contributed by atoms with van der Waals surface area (Å²) in [6, 6.07) is 10.8. The molecule has 9 heteroatoms. The average molecular weight is 496 g/mol. The van der Waals surface area contributed by atoms with E-state index in [1.54, 1.807) is 31.4 Å². The maximum atomic E-state index is 13.0. The van der Waals surface area contributed by atoms with Crippen LogP contribution in [-0.2, 0) is 4.74 Å². The molecule has 1 heterocycles. The first-order valence-corrected chi connectivity index (χ1v) is 12.0. The highest BCUT2D eigenvalue weighted by Gasteiger charge is 2.46. The van der Waals surface area contributed by atoms with Crippen molar-refractivity contribution in [2.24, 2.45) is 5.92 Å². The highest BCUT2D eigenvalue weighted by molar-refractivity contribution is 5.89. The Balaban J connectivity index is 1.52. The van der Waals surface area contributed by atoms with Crippen molar-refractivity contribution in [2.75, 3.05) is 27.7 Å². The van der Waals surface area contributed by atoms with Crippen LogP contribution in [0, 0.1) is 19.8 Å². The number of rotatable bonds is 7. The molecule has 9 nitrogen and oxygen atoms in total. The van der Waals surface area contributed by atoms with Gasteiger partial charge in [0.25, 0.3) is 5.56 Å². The second-order valence-electron chi connectivity index (χ2n) is 9.75. The van der Waals surface area contributed by atoms with Gasteiger partial charge in [-0.3, -0.25) is 4.79 Å². The van der Waals surface area contributed by atoms with E-state index in [2.05, 4.69) is 9.97 Å². The average Bonchev–Trinajstić information content (AvgIpc) is 2.82. The molecule has 0 aliphatic heterocycles. The molecule has 0 bridgehead atoms. The molecule has 3 aromatic rings. The molecule has 0 amide bonds. The molecule has 2 aromatic carbocycles. The minimum absolute atomic E-state index is 0.251. The molecule has 1 fully saturated rings. The quantitative estimate of drug-likeness (QED) is 0.379. The highest BCUT2D eigenvalue weighted by Crippen LogP contribution is 2.38. The number of nitrogens with one attached hydrogen (secondary N) is 1.